The number of aryl methyl sites for hydroxylation is 2. The summed E-state index contributed by atoms with van der Waals surface area (Å²) in [5.74, 6) is 0.0456. The van der Waals surface area contributed by atoms with Gasteiger partial charge in [0.15, 0.2) is 0 Å². The molecule has 49 heavy (non-hydrogen) atoms. The molecule has 5 aromatic rings. The van der Waals surface area contributed by atoms with Crippen LogP contribution in [-0.4, -0.2) is 64.8 Å². The maximum Gasteiger partial charge on any atom is 0.335 e. The number of fused-ring (bicyclic) bond motifs is 1. The normalized spacial score (nSPS) is 13.9. The van der Waals surface area contributed by atoms with Gasteiger partial charge in [-0.1, -0.05) is 24.3 Å². The number of hydrogen-bond acceptors (Lipinski definition) is 11. The van der Waals surface area contributed by atoms with Crippen LogP contribution in [0.2, 0.25) is 0 Å². The summed E-state index contributed by atoms with van der Waals surface area (Å²) in [5.41, 5.74) is 4.92. The lowest BCUT2D eigenvalue weighted by Crippen LogP contribution is -2.39. The van der Waals surface area contributed by atoms with E-state index >= 15 is 0 Å². The number of sulfonamides is 1. The van der Waals surface area contributed by atoms with Crippen LogP contribution < -0.4 is 14.8 Å². The first-order chi connectivity index (χ1) is 23.4. The molecule has 0 amide bonds. The molecule has 1 atom stereocenters. The summed E-state index contributed by atoms with van der Waals surface area (Å²) in [6.45, 7) is 8.59. The first-order valence-corrected chi connectivity index (χ1v) is 17.5. The molecule has 0 saturated heterocycles. The minimum atomic E-state index is -4.26. The van der Waals surface area contributed by atoms with E-state index < -0.39 is 16.0 Å². The molecule has 0 aliphatic heterocycles. The van der Waals surface area contributed by atoms with Crippen LogP contribution in [0.5, 0.6) is 5.88 Å². The minimum absolute atomic E-state index is 0.0254. The lowest BCUT2D eigenvalue weighted by molar-refractivity contribution is 0.0491. The second kappa shape index (κ2) is 14.3. The van der Waals surface area contributed by atoms with Gasteiger partial charge < -0.3 is 24.3 Å². The van der Waals surface area contributed by atoms with Crippen LogP contribution in [0.4, 0.5) is 5.95 Å². The highest BCUT2D eigenvalue weighted by Crippen LogP contribution is 2.41. The Labute approximate surface area is 284 Å². The second-order valence-electron chi connectivity index (χ2n) is 12.4. The van der Waals surface area contributed by atoms with Gasteiger partial charge in [-0.05, 0) is 69.9 Å². The lowest BCUT2D eigenvalue weighted by atomic mass is 10.00. The Hall–Kier alpha value is -4.92. The van der Waals surface area contributed by atoms with Crippen LogP contribution in [0, 0.1) is 13.8 Å². The lowest BCUT2D eigenvalue weighted by Gasteiger charge is -2.21. The molecule has 256 valence electrons. The summed E-state index contributed by atoms with van der Waals surface area (Å²) in [6.07, 6.45) is 3.90. The maximum absolute atomic E-state index is 13.4. The molecule has 1 fully saturated rings. The second-order valence-corrected chi connectivity index (χ2v) is 14.0. The van der Waals surface area contributed by atoms with Crippen molar-refractivity contribution >= 4 is 33.2 Å². The molecule has 1 aliphatic rings. The number of ether oxygens (including phenoxy) is 2. The number of benzene rings is 2. The molecular weight excluding hydrogens is 648 g/mol. The molecule has 3 aromatic heterocycles. The largest absolute Gasteiger partial charge is 0.478 e. The summed E-state index contributed by atoms with van der Waals surface area (Å²) < 4.78 is 47.1. The predicted molar refractivity (Wildman–Crippen MR) is 182 cm³/mol. The Balaban J connectivity index is 1.24. The van der Waals surface area contributed by atoms with E-state index in [-0.39, 0.29) is 41.0 Å². The molecule has 3 heterocycles. The smallest absolute Gasteiger partial charge is 0.335 e. The van der Waals surface area contributed by atoms with Crippen LogP contribution in [0.3, 0.4) is 0 Å². The Morgan fingerprint density at radius 2 is 1.78 bits per heavy atom. The fourth-order valence-electron chi connectivity index (χ4n) is 5.31. The van der Waals surface area contributed by atoms with E-state index in [2.05, 4.69) is 25.0 Å². The maximum atomic E-state index is 13.4. The van der Waals surface area contributed by atoms with E-state index in [1.165, 1.54) is 18.2 Å². The van der Waals surface area contributed by atoms with Gasteiger partial charge >= 0.3 is 5.97 Å². The third kappa shape index (κ3) is 8.39. The van der Waals surface area contributed by atoms with E-state index in [1.54, 1.807) is 12.3 Å². The zero-order chi connectivity index (χ0) is 34.7. The minimum Gasteiger partial charge on any atom is -0.478 e. The van der Waals surface area contributed by atoms with Crippen molar-refractivity contribution in [3.63, 3.8) is 0 Å². The Morgan fingerprint density at radius 1 is 1.02 bits per heavy atom. The van der Waals surface area contributed by atoms with Gasteiger partial charge in [0.05, 0.1) is 46.8 Å². The Bertz CT molecular complexity index is 2080. The average molecular weight is 687 g/mol. The fourth-order valence-corrected chi connectivity index (χ4v) is 6.30. The molecule has 1 aliphatic carbocycles. The standard InChI is InChI=1S/C35H38N6O7S/c1-20(2)46-18-26(36-16-25-17-37-33-29(38-25)14-30(48-33)23-11-12-23)19-47-31-15-28(32-21(3)7-5-8-22(32)4)39-35(40-31)41-49(44,45)27-10-6-9-24(13-27)34(42)43/h5-10,13-15,17,20,23,26,36H,11-12,16,18-19H2,1-4H3,(H,42,43)(H,39,40,41). The van der Waals surface area contributed by atoms with Crippen LogP contribution in [0.15, 0.2) is 70.1 Å². The van der Waals surface area contributed by atoms with Crippen molar-refractivity contribution < 1.29 is 32.2 Å². The molecule has 0 spiro atoms. The number of carboxylic acids is 1. The number of aromatic carboxylic acids is 1. The topological polar surface area (TPSA) is 179 Å². The summed E-state index contributed by atoms with van der Waals surface area (Å²) in [4.78, 5) is 29.3. The number of nitrogens with zero attached hydrogens (tertiary/aromatic N) is 4. The molecule has 3 N–H and O–H groups in total. The van der Waals surface area contributed by atoms with Gasteiger partial charge in [0.1, 0.15) is 17.9 Å². The van der Waals surface area contributed by atoms with Crippen molar-refractivity contribution in [2.24, 2.45) is 0 Å². The molecule has 2 aromatic carbocycles. The van der Waals surface area contributed by atoms with Gasteiger partial charge in [-0.2, -0.15) is 4.98 Å². The van der Waals surface area contributed by atoms with Crippen molar-refractivity contribution in [2.75, 3.05) is 17.9 Å². The molecule has 6 rings (SSSR count). The van der Waals surface area contributed by atoms with Gasteiger partial charge in [0.2, 0.25) is 17.5 Å². The number of aromatic nitrogens is 4. The van der Waals surface area contributed by atoms with Crippen molar-refractivity contribution in [2.45, 2.75) is 70.0 Å². The molecule has 0 bridgehead atoms. The fraction of sp³-hybridized carbons (Fsp3) is 0.343. The summed E-state index contributed by atoms with van der Waals surface area (Å²) in [7, 11) is -4.26. The van der Waals surface area contributed by atoms with E-state index in [4.69, 9.17) is 18.9 Å². The SMILES string of the molecule is Cc1cccc(C)c1-c1cc(OCC(COC(C)C)NCc2cnc3oc(C4CC4)cc3n2)nc(NS(=O)(=O)c2cccc(C(=O)O)c2)n1. The highest BCUT2D eigenvalue weighted by molar-refractivity contribution is 7.92. The monoisotopic (exact) mass is 686 g/mol. The zero-order valence-electron chi connectivity index (χ0n) is 27.6. The molecule has 1 saturated carbocycles. The van der Waals surface area contributed by atoms with Crippen molar-refractivity contribution in [1.29, 1.82) is 0 Å². The number of carboxylic acid groups (broad SMARTS) is 1. The summed E-state index contributed by atoms with van der Waals surface area (Å²) >= 11 is 0. The van der Waals surface area contributed by atoms with Crippen LogP contribution in [-0.2, 0) is 21.3 Å². The molecule has 1 unspecified atom stereocenters. The molecule has 14 heteroatoms. The van der Waals surface area contributed by atoms with Crippen molar-refractivity contribution in [3.8, 4) is 17.1 Å². The first-order valence-electron chi connectivity index (χ1n) is 16.0. The molecule has 0 radical (unpaired) electrons. The summed E-state index contributed by atoms with van der Waals surface area (Å²) in [6, 6.07) is 14.2. The number of anilines is 1. The third-order valence-corrected chi connectivity index (χ3v) is 9.30. The van der Waals surface area contributed by atoms with E-state index in [0.717, 1.165) is 52.6 Å². The van der Waals surface area contributed by atoms with Gasteiger partial charge in [0, 0.05) is 30.2 Å². The van der Waals surface area contributed by atoms with E-state index in [0.29, 0.717) is 30.5 Å². The van der Waals surface area contributed by atoms with E-state index in [1.807, 2.05) is 52.0 Å². The number of furan rings is 1. The van der Waals surface area contributed by atoms with Crippen LogP contribution in [0.25, 0.3) is 22.5 Å². The van der Waals surface area contributed by atoms with Crippen LogP contribution >= 0.6 is 0 Å². The molecule has 13 nitrogen and oxygen atoms in total. The van der Waals surface area contributed by atoms with Gasteiger partial charge in [-0.25, -0.2) is 32.9 Å². The molecular formula is C35H38N6O7S. The number of nitrogens with one attached hydrogen (secondary N) is 2. The highest BCUT2D eigenvalue weighted by atomic mass is 32.2. The predicted octanol–water partition coefficient (Wildman–Crippen LogP) is 5.64. The first kappa shape index (κ1) is 34.0. The van der Waals surface area contributed by atoms with Gasteiger partial charge in [-0.3, -0.25) is 0 Å². The number of carbonyl (C=O) groups is 1. The van der Waals surface area contributed by atoms with Crippen molar-refractivity contribution in [3.05, 3.63) is 88.9 Å². The third-order valence-electron chi connectivity index (χ3n) is 7.98. The highest BCUT2D eigenvalue weighted by Gasteiger charge is 2.28. The average Bonchev–Trinajstić information content (AvgIpc) is 3.82. The number of hydrogen-bond donors (Lipinski definition) is 3. The zero-order valence-corrected chi connectivity index (χ0v) is 28.5. The van der Waals surface area contributed by atoms with Crippen LogP contribution in [0.1, 0.15) is 65.5 Å². The van der Waals surface area contributed by atoms with Gasteiger partial charge in [0.25, 0.3) is 10.0 Å². The Kier molecular flexibility index (Phi) is 9.90. The quantitative estimate of drug-likeness (QED) is 0.124. The van der Waals surface area contributed by atoms with Crippen molar-refractivity contribution in [1.82, 2.24) is 25.3 Å². The Morgan fingerprint density at radius 3 is 2.49 bits per heavy atom. The van der Waals surface area contributed by atoms with E-state index in [9.17, 15) is 18.3 Å². The van der Waals surface area contributed by atoms with Gasteiger partial charge in [-0.15, -0.1) is 0 Å². The number of rotatable bonds is 15. The summed E-state index contributed by atoms with van der Waals surface area (Å²) in [5, 5.41) is 12.8.